The van der Waals surface area contributed by atoms with Crippen LogP contribution in [0.2, 0.25) is 0 Å². The first kappa shape index (κ1) is 10.5. The molecule has 0 spiro atoms. The van der Waals surface area contributed by atoms with E-state index in [1.54, 1.807) is 12.1 Å². The third kappa shape index (κ3) is 3.45. The van der Waals surface area contributed by atoms with Crippen LogP contribution in [0, 0.1) is 0 Å². The summed E-state index contributed by atoms with van der Waals surface area (Å²) in [6, 6.07) is 6.89. The number of rotatable bonds is 4. The van der Waals surface area contributed by atoms with Crippen LogP contribution in [0.1, 0.15) is 18.4 Å². The molecule has 4 nitrogen and oxygen atoms in total. The molecule has 0 aliphatic carbocycles. The Balaban J connectivity index is 2.31. The lowest BCUT2D eigenvalue weighted by molar-refractivity contribution is -0.144. The van der Waals surface area contributed by atoms with Crippen molar-refractivity contribution in [3.63, 3.8) is 0 Å². The molecule has 0 saturated heterocycles. The van der Waals surface area contributed by atoms with Gasteiger partial charge in [-0.2, -0.15) is 5.90 Å². The highest BCUT2D eigenvalue weighted by molar-refractivity contribution is 5.68. The van der Waals surface area contributed by atoms with Crippen molar-refractivity contribution in [2.75, 3.05) is 0 Å². The van der Waals surface area contributed by atoms with Gasteiger partial charge < -0.3 is 9.94 Å². The smallest absolute Gasteiger partial charge is 0.324 e. The van der Waals surface area contributed by atoms with Crippen LogP contribution >= 0.6 is 0 Å². The summed E-state index contributed by atoms with van der Waals surface area (Å²) in [4.78, 5) is 14.7. The van der Waals surface area contributed by atoms with Crippen molar-refractivity contribution in [2.24, 2.45) is 5.90 Å². The maximum Gasteiger partial charge on any atom is 0.324 e. The normalized spacial score (nSPS) is 9.79. The number of phenols is 1. The van der Waals surface area contributed by atoms with E-state index in [1.807, 2.05) is 12.1 Å². The van der Waals surface area contributed by atoms with E-state index >= 15 is 0 Å². The van der Waals surface area contributed by atoms with Crippen molar-refractivity contribution in [3.05, 3.63) is 29.8 Å². The third-order valence-corrected chi connectivity index (χ3v) is 1.91. The number of aryl methyl sites for hydroxylation is 1. The first-order valence-corrected chi connectivity index (χ1v) is 4.40. The van der Waals surface area contributed by atoms with Gasteiger partial charge in [0.2, 0.25) is 0 Å². The average Bonchev–Trinajstić information content (AvgIpc) is 2.21. The predicted molar refractivity (Wildman–Crippen MR) is 51.3 cm³/mol. The Labute approximate surface area is 82.3 Å². The van der Waals surface area contributed by atoms with Gasteiger partial charge in [-0.3, -0.25) is 4.79 Å². The molecular formula is C10H13NO3. The lowest BCUT2D eigenvalue weighted by atomic mass is 10.1. The molecule has 0 aliphatic heterocycles. The highest BCUT2D eigenvalue weighted by atomic mass is 16.7. The minimum Gasteiger partial charge on any atom is -0.508 e. The Morgan fingerprint density at radius 3 is 2.57 bits per heavy atom. The van der Waals surface area contributed by atoms with Gasteiger partial charge in [-0.1, -0.05) is 12.1 Å². The van der Waals surface area contributed by atoms with Gasteiger partial charge in [-0.05, 0) is 30.5 Å². The van der Waals surface area contributed by atoms with Crippen molar-refractivity contribution < 1.29 is 14.7 Å². The number of carbonyl (C=O) groups is 1. The van der Waals surface area contributed by atoms with Gasteiger partial charge >= 0.3 is 5.97 Å². The van der Waals surface area contributed by atoms with Crippen molar-refractivity contribution in [1.29, 1.82) is 0 Å². The summed E-state index contributed by atoms with van der Waals surface area (Å²) in [5, 5.41) is 9.02. The van der Waals surface area contributed by atoms with E-state index in [0.717, 1.165) is 12.0 Å². The molecule has 76 valence electrons. The maximum absolute atomic E-state index is 10.7. The second-order valence-corrected chi connectivity index (χ2v) is 3.01. The molecule has 1 aromatic rings. The summed E-state index contributed by atoms with van der Waals surface area (Å²) < 4.78 is 0. The molecule has 0 aliphatic rings. The molecule has 0 aromatic heterocycles. The van der Waals surface area contributed by atoms with Crippen molar-refractivity contribution in [3.8, 4) is 5.75 Å². The van der Waals surface area contributed by atoms with E-state index in [1.165, 1.54) is 0 Å². The zero-order valence-electron chi connectivity index (χ0n) is 7.77. The van der Waals surface area contributed by atoms with E-state index < -0.39 is 5.97 Å². The molecule has 0 heterocycles. The van der Waals surface area contributed by atoms with Crippen molar-refractivity contribution >= 4 is 5.97 Å². The molecule has 1 rings (SSSR count). The Kier molecular flexibility index (Phi) is 3.94. The molecule has 0 bridgehead atoms. The molecular weight excluding hydrogens is 182 g/mol. The number of hydrogen-bond donors (Lipinski definition) is 2. The topological polar surface area (TPSA) is 72.5 Å². The van der Waals surface area contributed by atoms with Gasteiger partial charge in [-0.15, -0.1) is 0 Å². The van der Waals surface area contributed by atoms with Gasteiger partial charge in [0.15, 0.2) is 0 Å². The number of phenolic OH excluding ortho intramolecular Hbond substituents is 1. The Hall–Kier alpha value is -1.55. The summed E-state index contributed by atoms with van der Waals surface area (Å²) in [7, 11) is 0. The number of hydrogen-bond acceptors (Lipinski definition) is 4. The third-order valence-electron chi connectivity index (χ3n) is 1.91. The monoisotopic (exact) mass is 195 g/mol. The minimum atomic E-state index is -0.399. The average molecular weight is 195 g/mol. The summed E-state index contributed by atoms with van der Waals surface area (Å²) in [6.07, 6.45) is 1.79. The summed E-state index contributed by atoms with van der Waals surface area (Å²) in [5.41, 5.74) is 1.08. The molecule has 0 radical (unpaired) electrons. The number of benzene rings is 1. The molecule has 0 unspecified atom stereocenters. The minimum absolute atomic E-state index is 0.245. The fourth-order valence-corrected chi connectivity index (χ4v) is 1.16. The van der Waals surface area contributed by atoms with Crippen LogP contribution in [0.5, 0.6) is 5.75 Å². The highest BCUT2D eigenvalue weighted by Crippen LogP contribution is 2.11. The molecule has 1 aromatic carbocycles. The van der Waals surface area contributed by atoms with E-state index in [-0.39, 0.29) is 5.75 Å². The van der Waals surface area contributed by atoms with E-state index in [2.05, 4.69) is 10.7 Å². The van der Waals surface area contributed by atoms with Crippen LogP contribution in [-0.4, -0.2) is 11.1 Å². The lowest BCUT2D eigenvalue weighted by Gasteiger charge is -2.00. The van der Waals surface area contributed by atoms with E-state index in [0.29, 0.717) is 12.8 Å². The molecule has 4 heteroatoms. The second-order valence-electron chi connectivity index (χ2n) is 3.01. The number of aromatic hydroxyl groups is 1. The molecule has 0 atom stereocenters. The number of carbonyl (C=O) groups excluding carboxylic acids is 1. The standard InChI is InChI=1S/C10H13NO3/c11-14-10(13)3-1-2-8-4-6-9(12)7-5-8/h4-7,12H,1-3,11H2. The van der Waals surface area contributed by atoms with Crippen LogP contribution in [0.3, 0.4) is 0 Å². The molecule has 0 fully saturated rings. The van der Waals surface area contributed by atoms with E-state index in [4.69, 9.17) is 5.11 Å². The fraction of sp³-hybridized carbons (Fsp3) is 0.300. The zero-order valence-corrected chi connectivity index (χ0v) is 7.77. The van der Waals surface area contributed by atoms with Crippen LogP contribution in [0.25, 0.3) is 0 Å². The van der Waals surface area contributed by atoms with Crippen LogP contribution in [0.4, 0.5) is 0 Å². The lowest BCUT2D eigenvalue weighted by Crippen LogP contribution is -2.09. The highest BCUT2D eigenvalue weighted by Gasteiger charge is 2.00. The van der Waals surface area contributed by atoms with Gasteiger partial charge in [-0.25, -0.2) is 0 Å². The first-order valence-electron chi connectivity index (χ1n) is 4.40. The maximum atomic E-state index is 10.7. The van der Waals surface area contributed by atoms with Gasteiger partial charge in [0, 0.05) is 6.42 Å². The predicted octanol–water partition coefficient (Wildman–Crippen LogP) is 1.13. The largest absolute Gasteiger partial charge is 0.508 e. The summed E-state index contributed by atoms with van der Waals surface area (Å²) in [6.45, 7) is 0. The second kappa shape index (κ2) is 5.24. The van der Waals surface area contributed by atoms with Crippen molar-refractivity contribution in [2.45, 2.75) is 19.3 Å². The number of nitrogens with two attached hydrogens (primary N) is 1. The van der Waals surface area contributed by atoms with Gasteiger partial charge in [0.05, 0.1) is 0 Å². The Morgan fingerprint density at radius 2 is 2.00 bits per heavy atom. The van der Waals surface area contributed by atoms with Crippen LogP contribution in [0.15, 0.2) is 24.3 Å². The van der Waals surface area contributed by atoms with E-state index in [9.17, 15) is 4.79 Å². The van der Waals surface area contributed by atoms with Crippen LogP contribution < -0.4 is 5.90 Å². The first-order chi connectivity index (χ1) is 6.72. The molecule has 14 heavy (non-hydrogen) atoms. The van der Waals surface area contributed by atoms with Crippen molar-refractivity contribution in [1.82, 2.24) is 0 Å². The molecule has 0 amide bonds. The molecule has 3 N–H and O–H groups in total. The zero-order chi connectivity index (χ0) is 10.4. The molecule has 0 saturated carbocycles. The fourth-order valence-electron chi connectivity index (χ4n) is 1.16. The van der Waals surface area contributed by atoms with Gasteiger partial charge in [0.25, 0.3) is 0 Å². The summed E-state index contributed by atoms with van der Waals surface area (Å²) in [5.74, 6) is 4.53. The Bertz CT molecular complexity index is 295. The SMILES string of the molecule is NOC(=O)CCCc1ccc(O)cc1. The van der Waals surface area contributed by atoms with Crippen LogP contribution in [-0.2, 0) is 16.1 Å². The quantitative estimate of drug-likeness (QED) is 0.706. The van der Waals surface area contributed by atoms with Gasteiger partial charge in [0.1, 0.15) is 5.75 Å². The summed E-state index contributed by atoms with van der Waals surface area (Å²) >= 11 is 0. The Morgan fingerprint density at radius 1 is 1.36 bits per heavy atom.